The number of nitrogens with one attached hydrogen (secondary N) is 1. The fourth-order valence-electron chi connectivity index (χ4n) is 2.33. The molecule has 16 heavy (non-hydrogen) atoms. The molecule has 0 amide bonds. The first-order valence-corrected chi connectivity index (χ1v) is 6.59. The van der Waals surface area contributed by atoms with Crippen molar-refractivity contribution in [2.75, 3.05) is 13.7 Å². The normalized spacial score (nSPS) is 20.8. The molecule has 1 aromatic carbocycles. The largest absolute Gasteiger partial charge is 0.496 e. The average Bonchev–Trinajstić information content (AvgIpc) is 2.29. The zero-order valence-corrected chi connectivity index (χ0v) is 11.4. The summed E-state index contributed by atoms with van der Waals surface area (Å²) in [5.74, 6) is 0.992. The predicted octanol–water partition coefficient (Wildman–Crippen LogP) is 3.58. The fraction of sp³-hybridized carbons (Fsp3) is 0.538. The van der Waals surface area contributed by atoms with Crippen molar-refractivity contribution < 1.29 is 4.74 Å². The van der Waals surface area contributed by atoms with Crippen LogP contribution >= 0.6 is 15.9 Å². The first-order valence-electron chi connectivity index (χ1n) is 5.80. The summed E-state index contributed by atoms with van der Waals surface area (Å²) in [5.41, 5.74) is 2.50. The van der Waals surface area contributed by atoms with Crippen molar-refractivity contribution in [1.29, 1.82) is 0 Å². The van der Waals surface area contributed by atoms with Crippen molar-refractivity contribution in [3.8, 4) is 5.75 Å². The van der Waals surface area contributed by atoms with E-state index in [1.54, 1.807) is 7.11 Å². The van der Waals surface area contributed by atoms with Gasteiger partial charge in [0.2, 0.25) is 0 Å². The number of piperidine rings is 1. The third kappa shape index (κ3) is 2.41. The summed E-state index contributed by atoms with van der Waals surface area (Å²) < 4.78 is 6.65. The van der Waals surface area contributed by atoms with Gasteiger partial charge in [-0.25, -0.2) is 0 Å². The highest BCUT2D eigenvalue weighted by Gasteiger charge is 2.21. The lowest BCUT2D eigenvalue weighted by Gasteiger charge is -2.26. The summed E-state index contributed by atoms with van der Waals surface area (Å²) in [6, 6.07) is 4.70. The molecule has 1 unspecified atom stereocenters. The van der Waals surface area contributed by atoms with E-state index >= 15 is 0 Å². The molecule has 1 atom stereocenters. The number of ether oxygens (including phenoxy) is 1. The number of hydrogen-bond acceptors (Lipinski definition) is 2. The van der Waals surface area contributed by atoms with Crippen molar-refractivity contribution in [3.05, 3.63) is 27.7 Å². The molecule has 0 aliphatic carbocycles. The summed E-state index contributed by atoms with van der Waals surface area (Å²) >= 11 is 3.65. The third-order valence-corrected chi connectivity index (χ3v) is 3.77. The lowest BCUT2D eigenvalue weighted by Crippen LogP contribution is -2.27. The topological polar surface area (TPSA) is 21.3 Å². The second kappa shape index (κ2) is 5.19. The number of halogens is 1. The third-order valence-electron chi connectivity index (χ3n) is 3.11. The molecule has 0 bridgehead atoms. The van der Waals surface area contributed by atoms with Crippen molar-refractivity contribution in [2.24, 2.45) is 0 Å². The number of benzene rings is 1. The Kier molecular flexibility index (Phi) is 3.87. The van der Waals surface area contributed by atoms with Crippen LogP contribution in [0.5, 0.6) is 5.75 Å². The Morgan fingerprint density at radius 1 is 1.38 bits per heavy atom. The van der Waals surface area contributed by atoms with Gasteiger partial charge in [-0.1, -0.05) is 22.4 Å². The Bertz CT molecular complexity index is 372. The van der Waals surface area contributed by atoms with Crippen LogP contribution in [-0.2, 0) is 0 Å². The maximum Gasteiger partial charge on any atom is 0.125 e. The van der Waals surface area contributed by atoms with Crippen molar-refractivity contribution in [2.45, 2.75) is 32.2 Å². The van der Waals surface area contributed by atoms with Crippen LogP contribution in [0.15, 0.2) is 16.6 Å². The lowest BCUT2D eigenvalue weighted by atomic mass is 9.96. The Hall–Kier alpha value is -0.540. The summed E-state index contributed by atoms with van der Waals surface area (Å²) in [6.45, 7) is 3.19. The van der Waals surface area contributed by atoms with E-state index < -0.39 is 0 Å². The van der Waals surface area contributed by atoms with Gasteiger partial charge in [0, 0.05) is 16.1 Å². The fourth-order valence-corrected chi connectivity index (χ4v) is 3.16. The van der Waals surface area contributed by atoms with E-state index in [2.05, 4.69) is 40.3 Å². The molecular weight excluding hydrogens is 266 g/mol. The molecule has 1 aliphatic heterocycles. The molecule has 3 heteroatoms. The highest BCUT2D eigenvalue weighted by atomic mass is 79.9. The van der Waals surface area contributed by atoms with Gasteiger partial charge >= 0.3 is 0 Å². The van der Waals surface area contributed by atoms with Crippen LogP contribution in [0, 0.1) is 6.92 Å². The molecule has 1 N–H and O–H groups in total. The SMILES string of the molecule is COc1cc(C)cc(Br)c1C1CCCCN1. The summed E-state index contributed by atoms with van der Waals surface area (Å²) in [7, 11) is 1.74. The molecule has 88 valence electrons. The van der Waals surface area contributed by atoms with Crippen LogP contribution in [0.3, 0.4) is 0 Å². The Balaban J connectivity index is 2.37. The maximum absolute atomic E-state index is 5.49. The average molecular weight is 284 g/mol. The monoisotopic (exact) mass is 283 g/mol. The number of hydrogen-bond donors (Lipinski definition) is 1. The quantitative estimate of drug-likeness (QED) is 0.896. The maximum atomic E-state index is 5.49. The first-order chi connectivity index (χ1) is 7.72. The van der Waals surface area contributed by atoms with Crippen LogP contribution < -0.4 is 10.1 Å². The molecule has 1 fully saturated rings. The van der Waals surface area contributed by atoms with Gasteiger partial charge in [0.1, 0.15) is 5.75 Å². The first kappa shape index (κ1) is 11.9. The smallest absolute Gasteiger partial charge is 0.125 e. The number of rotatable bonds is 2. The zero-order valence-electron chi connectivity index (χ0n) is 9.85. The summed E-state index contributed by atoms with van der Waals surface area (Å²) in [4.78, 5) is 0. The summed E-state index contributed by atoms with van der Waals surface area (Å²) in [5, 5.41) is 3.56. The minimum atomic E-state index is 0.429. The second-order valence-electron chi connectivity index (χ2n) is 4.37. The molecule has 2 nitrogen and oxygen atoms in total. The van der Waals surface area contributed by atoms with Gasteiger partial charge in [-0.3, -0.25) is 0 Å². The van der Waals surface area contributed by atoms with Gasteiger partial charge in [-0.05, 0) is 44.0 Å². The minimum Gasteiger partial charge on any atom is -0.496 e. The molecule has 1 heterocycles. The van der Waals surface area contributed by atoms with E-state index in [1.807, 2.05) is 0 Å². The van der Waals surface area contributed by atoms with Crippen LogP contribution in [0.4, 0.5) is 0 Å². The molecular formula is C13H18BrNO. The van der Waals surface area contributed by atoms with Crippen molar-refractivity contribution >= 4 is 15.9 Å². The van der Waals surface area contributed by atoms with E-state index in [-0.39, 0.29) is 0 Å². The summed E-state index contributed by atoms with van der Waals surface area (Å²) in [6.07, 6.45) is 3.77. The highest BCUT2D eigenvalue weighted by Crippen LogP contribution is 2.37. The molecule has 0 radical (unpaired) electrons. The van der Waals surface area contributed by atoms with Gasteiger partial charge < -0.3 is 10.1 Å². The van der Waals surface area contributed by atoms with Crippen LogP contribution in [0.25, 0.3) is 0 Å². The van der Waals surface area contributed by atoms with E-state index in [1.165, 1.54) is 30.4 Å². The predicted molar refractivity (Wildman–Crippen MR) is 70.0 cm³/mol. The molecule has 0 saturated carbocycles. The van der Waals surface area contributed by atoms with Crippen molar-refractivity contribution in [1.82, 2.24) is 5.32 Å². The highest BCUT2D eigenvalue weighted by molar-refractivity contribution is 9.10. The van der Waals surface area contributed by atoms with E-state index in [0.29, 0.717) is 6.04 Å². The molecule has 0 spiro atoms. The molecule has 2 rings (SSSR count). The molecule has 0 aromatic heterocycles. The van der Waals surface area contributed by atoms with E-state index in [9.17, 15) is 0 Å². The van der Waals surface area contributed by atoms with E-state index in [0.717, 1.165) is 16.8 Å². The van der Waals surface area contributed by atoms with Crippen LogP contribution in [-0.4, -0.2) is 13.7 Å². The number of aryl methyl sites for hydroxylation is 1. The number of methoxy groups -OCH3 is 1. The van der Waals surface area contributed by atoms with Gasteiger partial charge in [0.15, 0.2) is 0 Å². The standard InChI is InChI=1S/C13H18BrNO/c1-9-7-10(14)13(12(8-9)16-2)11-5-3-4-6-15-11/h7-8,11,15H,3-6H2,1-2H3. The van der Waals surface area contributed by atoms with Crippen molar-refractivity contribution in [3.63, 3.8) is 0 Å². The minimum absolute atomic E-state index is 0.429. The van der Waals surface area contributed by atoms with Gasteiger partial charge in [-0.15, -0.1) is 0 Å². The Morgan fingerprint density at radius 2 is 2.19 bits per heavy atom. The molecule has 1 aromatic rings. The molecule has 1 saturated heterocycles. The Morgan fingerprint density at radius 3 is 2.81 bits per heavy atom. The van der Waals surface area contributed by atoms with Gasteiger partial charge in [0.05, 0.1) is 7.11 Å². The van der Waals surface area contributed by atoms with E-state index in [4.69, 9.17) is 4.74 Å². The van der Waals surface area contributed by atoms with Gasteiger partial charge in [-0.2, -0.15) is 0 Å². The Labute approximate surface area is 106 Å². The van der Waals surface area contributed by atoms with Crippen LogP contribution in [0.2, 0.25) is 0 Å². The second-order valence-corrected chi connectivity index (χ2v) is 5.22. The lowest BCUT2D eigenvalue weighted by molar-refractivity contribution is 0.372. The molecule has 1 aliphatic rings. The van der Waals surface area contributed by atoms with Gasteiger partial charge in [0.25, 0.3) is 0 Å². The zero-order chi connectivity index (χ0) is 11.5. The van der Waals surface area contributed by atoms with Crippen LogP contribution in [0.1, 0.15) is 36.4 Å².